The third kappa shape index (κ3) is 2.56. The summed E-state index contributed by atoms with van der Waals surface area (Å²) in [6, 6.07) is 6.89. The van der Waals surface area contributed by atoms with Crippen LogP contribution in [0.1, 0.15) is 5.56 Å². The molecule has 0 aliphatic rings. The molecule has 0 aromatic heterocycles. The van der Waals surface area contributed by atoms with E-state index in [0.717, 1.165) is 5.56 Å². The summed E-state index contributed by atoms with van der Waals surface area (Å²) >= 11 is 5.70. The summed E-state index contributed by atoms with van der Waals surface area (Å²) < 4.78 is 0. The maximum atomic E-state index is 8.84. The third-order valence-corrected chi connectivity index (χ3v) is 2.15. The van der Waals surface area contributed by atoms with E-state index in [-0.39, 0.29) is 6.61 Å². The molecule has 0 saturated heterocycles. The summed E-state index contributed by atoms with van der Waals surface area (Å²) in [5.74, 6) is 0. The number of rotatable bonds is 4. The molecule has 1 rings (SSSR count). The Kier molecular flexibility index (Phi) is 4.10. The van der Waals surface area contributed by atoms with Crippen molar-refractivity contribution in [1.29, 1.82) is 0 Å². The standard InChI is InChI=1S/C10H11ClO3/c1-7(10(6-12)14-13)8-2-4-9(11)5-3-8/h2-5,10,12-13H,1,6H2. The van der Waals surface area contributed by atoms with Gasteiger partial charge in [0.25, 0.3) is 0 Å². The molecule has 0 saturated carbocycles. The average Bonchev–Trinajstić information content (AvgIpc) is 2.20. The van der Waals surface area contributed by atoms with Crippen LogP contribution in [0, 0.1) is 0 Å². The quantitative estimate of drug-likeness (QED) is 0.597. The van der Waals surface area contributed by atoms with E-state index in [9.17, 15) is 0 Å². The lowest BCUT2D eigenvalue weighted by Gasteiger charge is -2.13. The van der Waals surface area contributed by atoms with Gasteiger partial charge in [-0.1, -0.05) is 30.3 Å². The Bertz CT molecular complexity index is 304. The molecule has 0 radical (unpaired) electrons. The molecule has 14 heavy (non-hydrogen) atoms. The zero-order valence-electron chi connectivity index (χ0n) is 7.48. The molecule has 0 spiro atoms. The highest BCUT2D eigenvalue weighted by Crippen LogP contribution is 2.20. The van der Waals surface area contributed by atoms with Crippen LogP contribution < -0.4 is 0 Å². The van der Waals surface area contributed by atoms with Gasteiger partial charge in [0, 0.05) is 5.02 Å². The lowest BCUT2D eigenvalue weighted by molar-refractivity contribution is -0.268. The van der Waals surface area contributed by atoms with E-state index in [1.165, 1.54) is 0 Å². The van der Waals surface area contributed by atoms with E-state index in [0.29, 0.717) is 10.6 Å². The van der Waals surface area contributed by atoms with E-state index in [1.54, 1.807) is 24.3 Å². The summed E-state index contributed by atoms with van der Waals surface area (Å²) in [7, 11) is 0. The van der Waals surface area contributed by atoms with E-state index in [4.69, 9.17) is 22.0 Å². The molecule has 0 fully saturated rings. The highest BCUT2D eigenvalue weighted by molar-refractivity contribution is 6.30. The molecule has 3 nitrogen and oxygen atoms in total. The number of aliphatic hydroxyl groups is 1. The lowest BCUT2D eigenvalue weighted by atomic mass is 10.0. The highest BCUT2D eigenvalue weighted by atomic mass is 35.5. The van der Waals surface area contributed by atoms with Crippen molar-refractivity contribution in [3.05, 3.63) is 41.4 Å². The Morgan fingerprint density at radius 3 is 2.43 bits per heavy atom. The molecule has 0 amide bonds. The first-order chi connectivity index (χ1) is 6.69. The second-order valence-corrected chi connectivity index (χ2v) is 3.25. The topological polar surface area (TPSA) is 49.7 Å². The maximum Gasteiger partial charge on any atom is 0.141 e. The second kappa shape index (κ2) is 5.12. The minimum atomic E-state index is -0.795. The van der Waals surface area contributed by atoms with Crippen LogP contribution in [0.3, 0.4) is 0 Å². The smallest absolute Gasteiger partial charge is 0.141 e. The van der Waals surface area contributed by atoms with Crippen molar-refractivity contribution in [1.82, 2.24) is 0 Å². The van der Waals surface area contributed by atoms with Gasteiger partial charge in [-0.15, -0.1) is 0 Å². The number of hydrogen-bond acceptors (Lipinski definition) is 3. The van der Waals surface area contributed by atoms with Gasteiger partial charge in [-0.3, -0.25) is 5.26 Å². The Morgan fingerprint density at radius 1 is 1.43 bits per heavy atom. The van der Waals surface area contributed by atoms with E-state index < -0.39 is 6.10 Å². The largest absolute Gasteiger partial charge is 0.393 e. The fourth-order valence-electron chi connectivity index (χ4n) is 1.06. The van der Waals surface area contributed by atoms with Gasteiger partial charge in [0.05, 0.1) is 6.61 Å². The van der Waals surface area contributed by atoms with Crippen LogP contribution in [0.15, 0.2) is 30.8 Å². The minimum Gasteiger partial charge on any atom is -0.393 e. The first-order valence-corrected chi connectivity index (χ1v) is 4.42. The summed E-state index contributed by atoms with van der Waals surface area (Å²) in [5, 5.41) is 17.9. The molecule has 1 aromatic rings. The maximum absolute atomic E-state index is 8.84. The zero-order valence-corrected chi connectivity index (χ0v) is 8.24. The molecular weight excluding hydrogens is 204 g/mol. The van der Waals surface area contributed by atoms with Crippen molar-refractivity contribution < 1.29 is 15.3 Å². The van der Waals surface area contributed by atoms with Gasteiger partial charge in [0.15, 0.2) is 0 Å². The molecule has 4 heteroatoms. The van der Waals surface area contributed by atoms with Crippen LogP contribution in [0.4, 0.5) is 0 Å². The van der Waals surface area contributed by atoms with Gasteiger partial charge in [-0.2, -0.15) is 0 Å². The van der Waals surface area contributed by atoms with Crippen LogP contribution in [0.2, 0.25) is 5.02 Å². The van der Waals surface area contributed by atoms with Crippen LogP contribution in [-0.2, 0) is 4.89 Å². The summed E-state index contributed by atoms with van der Waals surface area (Å²) in [6.07, 6.45) is -0.795. The van der Waals surface area contributed by atoms with E-state index in [1.807, 2.05) is 0 Å². The normalized spacial score (nSPS) is 12.5. The van der Waals surface area contributed by atoms with E-state index in [2.05, 4.69) is 11.5 Å². The molecule has 76 valence electrons. The van der Waals surface area contributed by atoms with Crippen molar-refractivity contribution in [3.63, 3.8) is 0 Å². The Hall–Kier alpha value is -0.870. The van der Waals surface area contributed by atoms with Crippen LogP contribution in [0.5, 0.6) is 0 Å². The van der Waals surface area contributed by atoms with Crippen molar-refractivity contribution in [2.45, 2.75) is 6.10 Å². The van der Waals surface area contributed by atoms with Gasteiger partial charge >= 0.3 is 0 Å². The Morgan fingerprint density at radius 2 is 2.00 bits per heavy atom. The van der Waals surface area contributed by atoms with Gasteiger partial charge in [0.1, 0.15) is 6.10 Å². The molecule has 0 aliphatic carbocycles. The molecule has 1 aromatic carbocycles. The van der Waals surface area contributed by atoms with Crippen LogP contribution in [-0.4, -0.2) is 23.1 Å². The molecular formula is C10H11ClO3. The summed E-state index contributed by atoms with van der Waals surface area (Å²) in [6.45, 7) is 3.39. The molecule has 2 N–H and O–H groups in total. The van der Waals surface area contributed by atoms with Gasteiger partial charge in [0.2, 0.25) is 0 Å². The van der Waals surface area contributed by atoms with Gasteiger partial charge < -0.3 is 5.11 Å². The summed E-state index contributed by atoms with van der Waals surface area (Å²) in [5.41, 5.74) is 1.27. The Balaban J connectivity index is 2.83. The fraction of sp³-hybridized carbons (Fsp3) is 0.200. The fourth-order valence-corrected chi connectivity index (χ4v) is 1.18. The number of halogens is 1. The minimum absolute atomic E-state index is 0.321. The molecule has 1 atom stereocenters. The van der Waals surface area contributed by atoms with Crippen molar-refractivity contribution in [2.24, 2.45) is 0 Å². The number of aliphatic hydroxyl groups excluding tert-OH is 1. The molecule has 0 aliphatic heterocycles. The first kappa shape index (κ1) is 11.2. The third-order valence-electron chi connectivity index (χ3n) is 1.90. The van der Waals surface area contributed by atoms with Crippen LogP contribution >= 0.6 is 11.6 Å². The zero-order chi connectivity index (χ0) is 10.6. The lowest BCUT2D eigenvalue weighted by Crippen LogP contribution is -2.17. The molecule has 1 unspecified atom stereocenters. The van der Waals surface area contributed by atoms with Crippen molar-refractivity contribution in [2.75, 3.05) is 6.61 Å². The summed E-state index contributed by atoms with van der Waals surface area (Å²) in [4.78, 5) is 4.06. The van der Waals surface area contributed by atoms with E-state index >= 15 is 0 Å². The van der Waals surface area contributed by atoms with Crippen molar-refractivity contribution >= 4 is 17.2 Å². The number of hydrogen-bond donors (Lipinski definition) is 2. The Labute approximate surface area is 87.1 Å². The second-order valence-electron chi connectivity index (χ2n) is 2.81. The predicted molar refractivity (Wildman–Crippen MR) is 55.1 cm³/mol. The number of benzene rings is 1. The molecule has 0 bridgehead atoms. The average molecular weight is 215 g/mol. The highest BCUT2D eigenvalue weighted by Gasteiger charge is 2.13. The predicted octanol–water partition coefficient (Wildman–Crippen LogP) is 2.20. The first-order valence-electron chi connectivity index (χ1n) is 4.05. The SMILES string of the molecule is C=C(c1ccc(Cl)cc1)C(CO)OO. The monoisotopic (exact) mass is 214 g/mol. The van der Waals surface area contributed by atoms with Crippen molar-refractivity contribution in [3.8, 4) is 0 Å². The van der Waals surface area contributed by atoms with Gasteiger partial charge in [-0.25, -0.2) is 4.89 Å². The molecule has 0 heterocycles. The van der Waals surface area contributed by atoms with Gasteiger partial charge in [-0.05, 0) is 23.3 Å². The van der Waals surface area contributed by atoms with Crippen LogP contribution in [0.25, 0.3) is 5.57 Å².